The predicted octanol–water partition coefficient (Wildman–Crippen LogP) is 1.05. The van der Waals surface area contributed by atoms with E-state index < -0.39 is 27.6 Å². The fraction of sp³-hybridized carbons (Fsp3) is 0.917. The van der Waals surface area contributed by atoms with E-state index in [2.05, 4.69) is 11.6 Å². The molecule has 1 aliphatic heterocycles. The number of nitrogens with zero attached hydrogens (tertiary/aromatic N) is 1. The quantitative estimate of drug-likeness (QED) is 0.811. The molecule has 0 spiro atoms. The molecule has 7 heteroatoms. The van der Waals surface area contributed by atoms with Gasteiger partial charge in [0, 0.05) is 13.1 Å². The molecule has 2 N–H and O–H groups in total. The second kappa shape index (κ2) is 5.76. The number of aliphatic carboxylic acids is 1. The maximum absolute atomic E-state index is 12.2. The third kappa shape index (κ3) is 4.43. The first-order valence-electron chi connectivity index (χ1n) is 6.54. The molecule has 1 rings (SSSR count). The van der Waals surface area contributed by atoms with Crippen LogP contribution in [0.15, 0.2) is 0 Å². The number of rotatable bonds is 4. The highest BCUT2D eigenvalue weighted by Crippen LogP contribution is 2.23. The molecule has 6 nitrogen and oxygen atoms in total. The lowest BCUT2D eigenvalue weighted by atomic mass is 9.88. The Kier molecular flexibility index (Phi) is 4.97. The minimum absolute atomic E-state index is 0.451. The molecule has 0 bridgehead atoms. The Morgan fingerprint density at radius 2 is 1.79 bits per heavy atom. The molecule has 0 aromatic heterocycles. The molecule has 1 saturated heterocycles. The minimum atomic E-state index is -3.73. The van der Waals surface area contributed by atoms with Crippen LogP contribution < -0.4 is 4.72 Å². The first-order valence-corrected chi connectivity index (χ1v) is 7.98. The van der Waals surface area contributed by atoms with Gasteiger partial charge in [-0.3, -0.25) is 4.79 Å². The number of hydrogen-bond acceptors (Lipinski definition) is 3. The highest BCUT2D eigenvalue weighted by atomic mass is 32.2. The Morgan fingerprint density at radius 1 is 1.32 bits per heavy atom. The lowest BCUT2D eigenvalue weighted by molar-refractivity contribution is -0.141. The molecule has 19 heavy (non-hydrogen) atoms. The molecule has 0 amide bonds. The van der Waals surface area contributed by atoms with Crippen molar-refractivity contribution in [3.05, 3.63) is 0 Å². The maximum atomic E-state index is 12.2. The van der Waals surface area contributed by atoms with E-state index in [1.807, 2.05) is 0 Å². The Bertz CT molecular complexity index is 420. The van der Waals surface area contributed by atoms with Gasteiger partial charge in [-0.05, 0) is 24.2 Å². The monoisotopic (exact) mass is 292 g/mol. The molecule has 1 fully saturated rings. The van der Waals surface area contributed by atoms with Gasteiger partial charge in [-0.1, -0.05) is 27.7 Å². The van der Waals surface area contributed by atoms with E-state index in [-0.39, 0.29) is 0 Å². The molecule has 1 heterocycles. The van der Waals surface area contributed by atoms with E-state index in [0.29, 0.717) is 19.0 Å². The fourth-order valence-electron chi connectivity index (χ4n) is 2.05. The molecule has 1 aliphatic rings. The number of carboxylic acids is 1. The number of nitrogens with one attached hydrogen (secondary N) is 1. The largest absolute Gasteiger partial charge is 0.480 e. The van der Waals surface area contributed by atoms with Crippen LogP contribution in [0.1, 0.15) is 40.5 Å². The SMILES string of the molecule is CC1CCN(S(=O)(=O)N[C@H](C(=O)O)C(C)(C)C)CC1. The Hall–Kier alpha value is -0.660. The van der Waals surface area contributed by atoms with E-state index in [4.69, 9.17) is 5.11 Å². The zero-order chi connectivity index (χ0) is 14.8. The van der Waals surface area contributed by atoms with Crippen LogP contribution in [0.4, 0.5) is 0 Å². The minimum Gasteiger partial charge on any atom is -0.480 e. The lowest BCUT2D eigenvalue weighted by Crippen LogP contribution is -2.54. The third-order valence-corrected chi connectivity index (χ3v) is 5.04. The standard InChI is InChI=1S/C12H24N2O4S/c1-9-5-7-14(8-6-9)19(17,18)13-10(11(15)16)12(2,3)4/h9-10,13H,5-8H2,1-4H3,(H,15,16)/t10-/m1/s1. The van der Waals surface area contributed by atoms with Crippen molar-refractivity contribution in [3.8, 4) is 0 Å². The Balaban J connectivity index is 2.80. The smallest absolute Gasteiger partial charge is 0.322 e. The summed E-state index contributed by atoms with van der Waals surface area (Å²) in [4.78, 5) is 11.2. The summed E-state index contributed by atoms with van der Waals surface area (Å²) in [5.74, 6) is -0.634. The highest BCUT2D eigenvalue weighted by molar-refractivity contribution is 7.87. The summed E-state index contributed by atoms with van der Waals surface area (Å²) in [7, 11) is -3.73. The van der Waals surface area contributed by atoms with Crippen molar-refractivity contribution < 1.29 is 18.3 Å². The molecular weight excluding hydrogens is 268 g/mol. The van der Waals surface area contributed by atoms with E-state index in [1.54, 1.807) is 20.8 Å². The Morgan fingerprint density at radius 3 is 2.16 bits per heavy atom. The zero-order valence-electron chi connectivity index (χ0n) is 12.0. The summed E-state index contributed by atoms with van der Waals surface area (Å²) in [6.45, 7) is 8.10. The van der Waals surface area contributed by atoms with Gasteiger partial charge >= 0.3 is 5.97 Å². The van der Waals surface area contributed by atoms with Crippen LogP contribution in [0.2, 0.25) is 0 Å². The molecule has 0 unspecified atom stereocenters. The zero-order valence-corrected chi connectivity index (χ0v) is 12.8. The molecular formula is C12H24N2O4S. The number of piperidine rings is 1. The van der Waals surface area contributed by atoms with Gasteiger partial charge in [-0.25, -0.2) is 0 Å². The maximum Gasteiger partial charge on any atom is 0.322 e. The van der Waals surface area contributed by atoms with Crippen LogP contribution in [-0.2, 0) is 15.0 Å². The summed E-state index contributed by atoms with van der Waals surface area (Å²) in [6, 6.07) is -1.13. The summed E-state index contributed by atoms with van der Waals surface area (Å²) in [5, 5.41) is 9.17. The van der Waals surface area contributed by atoms with Crippen LogP contribution in [0.3, 0.4) is 0 Å². The van der Waals surface area contributed by atoms with Crippen molar-refractivity contribution in [2.45, 2.75) is 46.6 Å². The van der Waals surface area contributed by atoms with Gasteiger partial charge < -0.3 is 5.11 Å². The van der Waals surface area contributed by atoms with Crippen molar-refractivity contribution in [1.82, 2.24) is 9.03 Å². The van der Waals surface area contributed by atoms with Gasteiger partial charge in [0.15, 0.2) is 0 Å². The van der Waals surface area contributed by atoms with E-state index >= 15 is 0 Å². The van der Waals surface area contributed by atoms with Crippen LogP contribution in [0.5, 0.6) is 0 Å². The molecule has 1 atom stereocenters. The molecule has 0 aliphatic carbocycles. The second-order valence-electron chi connectivity index (χ2n) is 6.34. The van der Waals surface area contributed by atoms with Crippen molar-refractivity contribution in [1.29, 1.82) is 0 Å². The fourth-order valence-corrected chi connectivity index (χ4v) is 3.64. The topological polar surface area (TPSA) is 86.7 Å². The highest BCUT2D eigenvalue weighted by Gasteiger charge is 2.37. The lowest BCUT2D eigenvalue weighted by Gasteiger charge is -2.33. The van der Waals surface area contributed by atoms with Crippen molar-refractivity contribution >= 4 is 16.2 Å². The van der Waals surface area contributed by atoms with E-state index in [1.165, 1.54) is 4.31 Å². The number of carbonyl (C=O) groups is 1. The van der Waals surface area contributed by atoms with Crippen LogP contribution in [-0.4, -0.2) is 42.9 Å². The molecule has 112 valence electrons. The van der Waals surface area contributed by atoms with Crippen LogP contribution in [0, 0.1) is 11.3 Å². The van der Waals surface area contributed by atoms with Gasteiger partial charge in [0.1, 0.15) is 6.04 Å². The summed E-state index contributed by atoms with van der Waals surface area (Å²) < 4.78 is 28.1. The third-order valence-electron chi connectivity index (χ3n) is 3.46. The van der Waals surface area contributed by atoms with Crippen molar-refractivity contribution in [2.75, 3.05) is 13.1 Å². The summed E-state index contributed by atoms with van der Waals surface area (Å²) >= 11 is 0. The van der Waals surface area contributed by atoms with E-state index in [0.717, 1.165) is 12.8 Å². The predicted molar refractivity (Wildman–Crippen MR) is 72.9 cm³/mol. The van der Waals surface area contributed by atoms with Crippen molar-refractivity contribution in [3.63, 3.8) is 0 Å². The first kappa shape index (κ1) is 16.4. The average Bonchev–Trinajstić information content (AvgIpc) is 2.24. The average molecular weight is 292 g/mol. The van der Waals surface area contributed by atoms with Gasteiger partial charge in [0.05, 0.1) is 0 Å². The van der Waals surface area contributed by atoms with Gasteiger partial charge in [0.25, 0.3) is 10.2 Å². The number of carboxylic acid groups (broad SMARTS) is 1. The second-order valence-corrected chi connectivity index (χ2v) is 8.04. The molecule has 0 saturated carbocycles. The summed E-state index contributed by atoms with van der Waals surface area (Å²) in [6.07, 6.45) is 1.63. The normalized spacial score (nSPS) is 21.3. The molecule has 0 aromatic rings. The van der Waals surface area contributed by atoms with E-state index in [9.17, 15) is 13.2 Å². The first-order chi connectivity index (χ1) is 8.54. The Labute approximate surface area is 115 Å². The van der Waals surface area contributed by atoms with Gasteiger partial charge in [-0.2, -0.15) is 17.4 Å². The van der Waals surface area contributed by atoms with Gasteiger partial charge in [0.2, 0.25) is 0 Å². The molecule has 0 aromatic carbocycles. The van der Waals surface area contributed by atoms with Gasteiger partial charge in [-0.15, -0.1) is 0 Å². The van der Waals surface area contributed by atoms with Crippen LogP contribution in [0.25, 0.3) is 0 Å². The molecule has 0 radical (unpaired) electrons. The summed E-state index contributed by atoms with van der Waals surface area (Å²) in [5.41, 5.74) is -0.679. The number of hydrogen-bond donors (Lipinski definition) is 2. The van der Waals surface area contributed by atoms with Crippen LogP contribution >= 0.6 is 0 Å². The van der Waals surface area contributed by atoms with Crippen molar-refractivity contribution in [2.24, 2.45) is 11.3 Å².